The lowest BCUT2D eigenvalue weighted by molar-refractivity contribution is -0.0758. The zero-order valence-electron chi connectivity index (χ0n) is 50.8. The molecule has 0 aromatic rings. The van der Waals surface area contributed by atoms with Gasteiger partial charge in [0.25, 0.3) is 0 Å². The Hall–Kier alpha value is -4.42. The average molecular weight is 1060 g/mol. The Bertz CT molecular complexity index is 1620. The third kappa shape index (κ3) is 26.4. The molecule has 0 aliphatic rings. The van der Waals surface area contributed by atoms with Gasteiger partial charge in [0.1, 0.15) is 58.3 Å². The summed E-state index contributed by atoms with van der Waals surface area (Å²) in [6.45, 7) is 38.7. The molecule has 0 radical (unpaired) electrons. The smallest absolute Gasteiger partial charge is 0.413 e. The maximum atomic E-state index is 15.1. The molecule has 19 nitrogen and oxygen atoms in total. The first-order valence-corrected chi connectivity index (χ1v) is 27.1. The van der Waals surface area contributed by atoms with E-state index in [-0.39, 0.29) is 45.4 Å². The maximum absolute atomic E-state index is 15.1. The van der Waals surface area contributed by atoms with Gasteiger partial charge in [-0.25, -0.2) is 28.8 Å². The van der Waals surface area contributed by atoms with E-state index in [2.05, 4.69) is 0 Å². The number of carbonyl (C=O) groups is 6. The number of hydrogen-bond acceptors (Lipinski definition) is 13. The van der Waals surface area contributed by atoms with Gasteiger partial charge >= 0.3 is 36.6 Å². The van der Waals surface area contributed by atoms with Crippen LogP contribution in [0.4, 0.5) is 28.8 Å². The number of amides is 6. The van der Waals surface area contributed by atoms with Crippen molar-refractivity contribution >= 4 is 36.6 Å². The summed E-state index contributed by atoms with van der Waals surface area (Å²) in [5.74, 6) is -0.601. The van der Waals surface area contributed by atoms with Crippen LogP contribution in [0.25, 0.3) is 0 Å². The fraction of sp³-hybridized carbons (Fsp3) is 0.891. The number of nitrogens with zero attached hydrogens (tertiary/aromatic N) is 6. The number of aliphatic hydroxyl groups excluding tert-OH is 1. The Morgan fingerprint density at radius 2 is 0.649 bits per heavy atom. The molecule has 74 heavy (non-hydrogen) atoms. The van der Waals surface area contributed by atoms with E-state index in [4.69, 9.17) is 28.4 Å². The summed E-state index contributed by atoms with van der Waals surface area (Å²) in [7, 11) is 3.09. The second-order valence-corrected chi connectivity index (χ2v) is 25.3. The van der Waals surface area contributed by atoms with Gasteiger partial charge in [-0.15, -0.1) is 0 Å². The van der Waals surface area contributed by atoms with Gasteiger partial charge in [-0.2, -0.15) is 0 Å². The van der Waals surface area contributed by atoms with Crippen molar-refractivity contribution in [3.63, 3.8) is 0 Å². The minimum atomic E-state index is -1.08. The highest BCUT2D eigenvalue weighted by atomic mass is 16.6. The Labute approximate surface area is 447 Å². The first kappa shape index (κ1) is 69.6. The summed E-state index contributed by atoms with van der Waals surface area (Å²) in [5, 5.41) is 9.70. The van der Waals surface area contributed by atoms with E-state index in [1.807, 2.05) is 27.7 Å². The minimum Gasteiger partial charge on any atom is -0.444 e. The van der Waals surface area contributed by atoms with Gasteiger partial charge in [-0.3, -0.25) is 29.4 Å². The van der Waals surface area contributed by atoms with Crippen molar-refractivity contribution in [2.75, 3.05) is 33.8 Å². The zero-order valence-corrected chi connectivity index (χ0v) is 50.8. The quantitative estimate of drug-likeness (QED) is 0.0545. The number of hydrogen-bond donors (Lipinski definition) is 1. The van der Waals surface area contributed by atoms with Crippen LogP contribution in [0.2, 0.25) is 0 Å². The number of aliphatic hydroxyl groups is 1. The molecule has 0 saturated carbocycles. The third-order valence-electron chi connectivity index (χ3n) is 11.0. The van der Waals surface area contributed by atoms with E-state index in [9.17, 15) is 24.3 Å². The molecule has 6 amide bonds. The summed E-state index contributed by atoms with van der Waals surface area (Å²) < 4.78 is 36.3. The molecule has 0 bridgehead atoms. The van der Waals surface area contributed by atoms with E-state index >= 15 is 9.59 Å². The predicted molar refractivity (Wildman–Crippen MR) is 289 cm³/mol. The SMILES string of the molecule is CCCC(N(CC(CCCCCCO)CN(C(=O)OC(C)(C)C)C(CCC)N(C(=O)OC(C)(C)C)C(CC)N(C)C(=O)OC(C)(C)C)C(=O)OC(C)(C)C)N(C(=O)OC(C)(C)C)C(CC)N(C)C(=O)OC(C)(C)C. The number of unbranched alkanes of at least 4 members (excludes halogenated alkanes) is 3. The zero-order chi connectivity index (χ0) is 58.0. The molecular formula is C55H106N6O13. The highest BCUT2D eigenvalue weighted by Gasteiger charge is 2.46. The molecule has 0 aliphatic carbocycles. The largest absolute Gasteiger partial charge is 0.444 e. The topological polar surface area (TPSA) is 197 Å². The lowest BCUT2D eigenvalue weighted by Gasteiger charge is -2.48. The van der Waals surface area contributed by atoms with E-state index in [0.717, 1.165) is 6.42 Å². The molecule has 0 heterocycles. The van der Waals surface area contributed by atoms with Crippen LogP contribution in [-0.2, 0) is 28.4 Å². The van der Waals surface area contributed by atoms with Gasteiger partial charge in [0.2, 0.25) is 0 Å². The molecule has 4 atom stereocenters. The monoisotopic (exact) mass is 1060 g/mol. The second kappa shape index (κ2) is 29.8. The summed E-state index contributed by atoms with van der Waals surface area (Å²) in [6.07, 6.45) is -3.73. The normalized spacial score (nSPS) is 14.6. The molecule has 0 aromatic heterocycles. The van der Waals surface area contributed by atoms with Gasteiger partial charge in [-0.1, -0.05) is 59.8 Å². The lowest BCUT2D eigenvalue weighted by atomic mass is 9.97. The van der Waals surface area contributed by atoms with Gasteiger partial charge in [0, 0.05) is 33.8 Å². The minimum absolute atomic E-state index is 0.0212. The summed E-state index contributed by atoms with van der Waals surface area (Å²) in [4.78, 5) is 96.4. The summed E-state index contributed by atoms with van der Waals surface area (Å²) in [5.41, 5.74) is -5.71. The fourth-order valence-electron chi connectivity index (χ4n) is 8.12. The maximum Gasteiger partial charge on any atom is 0.413 e. The first-order chi connectivity index (χ1) is 33.6. The van der Waals surface area contributed by atoms with Crippen LogP contribution in [0.5, 0.6) is 0 Å². The van der Waals surface area contributed by atoms with Crippen LogP contribution in [0.15, 0.2) is 0 Å². The van der Waals surface area contributed by atoms with E-state index < -0.39 is 101 Å². The van der Waals surface area contributed by atoms with Gasteiger partial charge in [0.15, 0.2) is 0 Å². The van der Waals surface area contributed by atoms with Crippen LogP contribution in [0.3, 0.4) is 0 Å². The Morgan fingerprint density at radius 1 is 0.378 bits per heavy atom. The molecule has 434 valence electrons. The Morgan fingerprint density at radius 3 is 0.905 bits per heavy atom. The van der Waals surface area contributed by atoms with Crippen LogP contribution in [0, 0.1) is 5.92 Å². The molecule has 1 N–H and O–H groups in total. The van der Waals surface area contributed by atoms with Crippen molar-refractivity contribution in [1.82, 2.24) is 29.4 Å². The fourth-order valence-corrected chi connectivity index (χ4v) is 8.12. The van der Waals surface area contributed by atoms with Crippen molar-refractivity contribution < 1.29 is 62.3 Å². The Kier molecular flexibility index (Phi) is 28.0. The molecule has 19 heteroatoms. The van der Waals surface area contributed by atoms with Crippen LogP contribution < -0.4 is 0 Å². The molecule has 0 spiro atoms. The number of carbonyl (C=O) groups excluding carboxylic acids is 6. The number of ether oxygens (including phenoxy) is 6. The molecule has 0 fully saturated rings. The van der Waals surface area contributed by atoms with E-state index in [1.165, 1.54) is 29.4 Å². The van der Waals surface area contributed by atoms with Crippen LogP contribution in [-0.4, -0.2) is 163 Å². The van der Waals surface area contributed by atoms with Gasteiger partial charge in [-0.05, 0) is 169 Å². The van der Waals surface area contributed by atoms with Crippen LogP contribution in [0.1, 0.15) is 223 Å². The van der Waals surface area contributed by atoms with Crippen molar-refractivity contribution in [1.29, 1.82) is 0 Å². The Balaban J connectivity index is 8.84. The molecule has 0 rings (SSSR count). The average Bonchev–Trinajstić information content (AvgIpc) is 3.19. The standard InChI is InChI=1S/C55H106N6O13/c1-25-33-42(60(48(67)73-54(17,18)19)40(27-3)56(23)44(63)69-50(5,6)7)58(46(65)71-52(11,12)13)37-39(35-31-29-30-32-36-62)38-59(47(66)72-53(14,15)16)43(34-26-2)61(49(68)74-55(20,21)22)41(28-4)57(24)45(64)70-51(8,9)10/h39-43,62H,25-38H2,1-24H3. The van der Waals surface area contributed by atoms with Crippen molar-refractivity contribution in [2.45, 2.75) is 281 Å². The molecule has 4 unspecified atom stereocenters. The molecule has 0 saturated heterocycles. The summed E-state index contributed by atoms with van der Waals surface area (Å²) >= 11 is 0. The molecule has 0 aliphatic heterocycles. The van der Waals surface area contributed by atoms with Crippen LogP contribution >= 0.6 is 0 Å². The second-order valence-electron chi connectivity index (χ2n) is 25.3. The number of rotatable bonds is 24. The lowest BCUT2D eigenvalue weighted by Crippen LogP contribution is -2.64. The highest BCUT2D eigenvalue weighted by Crippen LogP contribution is 2.32. The van der Waals surface area contributed by atoms with Crippen molar-refractivity contribution in [3.05, 3.63) is 0 Å². The van der Waals surface area contributed by atoms with E-state index in [0.29, 0.717) is 38.5 Å². The molecular weight excluding hydrogens is 953 g/mol. The highest BCUT2D eigenvalue weighted by molar-refractivity contribution is 5.75. The van der Waals surface area contributed by atoms with Gasteiger partial charge < -0.3 is 33.5 Å². The first-order valence-electron chi connectivity index (χ1n) is 27.1. The van der Waals surface area contributed by atoms with Gasteiger partial charge in [0.05, 0.1) is 0 Å². The van der Waals surface area contributed by atoms with E-state index in [1.54, 1.807) is 139 Å². The predicted octanol–water partition coefficient (Wildman–Crippen LogP) is 13.0. The molecule has 0 aromatic carbocycles. The third-order valence-corrected chi connectivity index (χ3v) is 11.0. The summed E-state index contributed by atoms with van der Waals surface area (Å²) in [6, 6.07) is 0. The van der Waals surface area contributed by atoms with Crippen molar-refractivity contribution in [2.24, 2.45) is 5.92 Å². The van der Waals surface area contributed by atoms with Crippen molar-refractivity contribution in [3.8, 4) is 0 Å².